The molecule has 0 fully saturated rings. The van der Waals surface area contributed by atoms with Crippen LogP contribution in [0.3, 0.4) is 0 Å². The molecule has 1 aromatic heterocycles. The Hall–Kier alpha value is -1.07. The largest absolute Gasteiger partial charge is 0.464 e. The molecule has 0 aliphatic heterocycles. The van der Waals surface area contributed by atoms with Crippen LogP contribution in [0.4, 0.5) is 0 Å². The van der Waals surface area contributed by atoms with Gasteiger partial charge in [0.05, 0.1) is 11.6 Å². The van der Waals surface area contributed by atoms with Gasteiger partial charge >= 0.3 is 5.97 Å². The summed E-state index contributed by atoms with van der Waals surface area (Å²) in [4.78, 5) is 11.7. The fourth-order valence-electron chi connectivity index (χ4n) is 1.69. The van der Waals surface area contributed by atoms with Crippen molar-refractivity contribution in [2.75, 3.05) is 7.11 Å². The van der Waals surface area contributed by atoms with Gasteiger partial charge in [0.2, 0.25) is 0 Å². The van der Waals surface area contributed by atoms with Crippen LogP contribution in [-0.2, 0) is 11.3 Å². The van der Waals surface area contributed by atoms with E-state index in [1.54, 1.807) is 6.07 Å². The van der Waals surface area contributed by atoms with Gasteiger partial charge in [0, 0.05) is 6.54 Å². The lowest BCUT2D eigenvalue weighted by molar-refractivity contribution is 0.0589. The van der Waals surface area contributed by atoms with Gasteiger partial charge in [-0.15, -0.1) is 0 Å². The van der Waals surface area contributed by atoms with E-state index in [2.05, 4.69) is 31.9 Å². The van der Waals surface area contributed by atoms with E-state index in [9.17, 15) is 4.79 Å². The van der Waals surface area contributed by atoms with E-state index in [-0.39, 0.29) is 5.97 Å². The van der Waals surface area contributed by atoms with E-state index in [1.807, 2.05) is 34.9 Å². The van der Waals surface area contributed by atoms with Crippen LogP contribution in [0.1, 0.15) is 16.1 Å². The van der Waals surface area contributed by atoms with E-state index in [0.717, 1.165) is 14.6 Å². The van der Waals surface area contributed by atoms with Crippen molar-refractivity contribution >= 4 is 37.8 Å². The Kier molecular flexibility index (Phi) is 4.24. The summed E-state index contributed by atoms with van der Waals surface area (Å²) in [6, 6.07) is 11.7. The van der Waals surface area contributed by atoms with Gasteiger partial charge < -0.3 is 9.30 Å². The smallest absolute Gasteiger partial charge is 0.354 e. The Balaban J connectivity index is 2.40. The van der Waals surface area contributed by atoms with Crippen LogP contribution >= 0.6 is 31.9 Å². The summed E-state index contributed by atoms with van der Waals surface area (Å²) in [6.07, 6.45) is 0. The van der Waals surface area contributed by atoms with E-state index in [0.29, 0.717) is 12.2 Å². The van der Waals surface area contributed by atoms with Crippen LogP contribution in [0.25, 0.3) is 0 Å². The lowest BCUT2D eigenvalue weighted by atomic mass is 10.2. The second kappa shape index (κ2) is 5.71. The highest BCUT2D eigenvalue weighted by atomic mass is 79.9. The monoisotopic (exact) mass is 371 g/mol. The molecule has 18 heavy (non-hydrogen) atoms. The maximum Gasteiger partial charge on any atom is 0.354 e. The number of benzene rings is 1. The van der Waals surface area contributed by atoms with Gasteiger partial charge in [-0.05, 0) is 43.5 Å². The highest BCUT2D eigenvalue weighted by Gasteiger charge is 2.18. The molecule has 2 rings (SSSR count). The van der Waals surface area contributed by atoms with Crippen molar-refractivity contribution in [2.45, 2.75) is 6.54 Å². The van der Waals surface area contributed by atoms with Crippen molar-refractivity contribution < 1.29 is 9.53 Å². The van der Waals surface area contributed by atoms with Gasteiger partial charge in [-0.3, -0.25) is 0 Å². The second-order valence-electron chi connectivity index (χ2n) is 3.73. The van der Waals surface area contributed by atoms with Crippen LogP contribution in [0.2, 0.25) is 0 Å². The summed E-state index contributed by atoms with van der Waals surface area (Å²) >= 11 is 6.87. The lowest BCUT2D eigenvalue weighted by Gasteiger charge is -2.09. The molecule has 0 radical (unpaired) electrons. The van der Waals surface area contributed by atoms with Crippen molar-refractivity contribution in [2.24, 2.45) is 0 Å². The number of esters is 1. The van der Waals surface area contributed by atoms with Crippen molar-refractivity contribution in [3.63, 3.8) is 0 Å². The zero-order valence-electron chi connectivity index (χ0n) is 9.69. The zero-order chi connectivity index (χ0) is 13.1. The number of rotatable bonds is 3. The molecule has 2 aromatic rings. The lowest BCUT2D eigenvalue weighted by Crippen LogP contribution is -2.11. The Labute approximate surface area is 122 Å². The number of aromatic nitrogens is 1. The third kappa shape index (κ3) is 2.67. The molecule has 0 spiro atoms. The minimum absolute atomic E-state index is 0.350. The van der Waals surface area contributed by atoms with Gasteiger partial charge in [-0.2, -0.15) is 0 Å². The molecule has 0 aliphatic rings. The van der Waals surface area contributed by atoms with E-state index < -0.39 is 0 Å². The van der Waals surface area contributed by atoms with Crippen LogP contribution < -0.4 is 0 Å². The quantitative estimate of drug-likeness (QED) is 0.766. The standard InChI is InChI=1S/C13H11Br2NO2/c1-18-13(17)11-7-10(14)12(15)16(11)8-9-5-3-2-4-6-9/h2-7H,8H2,1H3. The zero-order valence-corrected chi connectivity index (χ0v) is 12.9. The first-order chi connectivity index (χ1) is 8.63. The van der Waals surface area contributed by atoms with Crippen LogP contribution in [0.15, 0.2) is 45.5 Å². The van der Waals surface area contributed by atoms with Crippen molar-refractivity contribution in [3.8, 4) is 0 Å². The third-order valence-electron chi connectivity index (χ3n) is 2.57. The summed E-state index contributed by atoms with van der Waals surface area (Å²) in [5.41, 5.74) is 1.63. The average Bonchev–Trinajstić information content (AvgIpc) is 2.67. The van der Waals surface area contributed by atoms with E-state index in [4.69, 9.17) is 4.74 Å². The van der Waals surface area contributed by atoms with Crippen molar-refractivity contribution in [1.29, 1.82) is 0 Å². The highest BCUT2D eigenvalue weighted by Crippen LogP contribution is 2.28. The third-order valence-corrected chi connectivity index (χ3v) is 4.56. The number of halogens is 2. The fourth-order valence-corrected chi connectivity index (χ4v) is 2.55. The Bertz CT molecular complexity index is 564. The first-order valence-electron chi connectivity index (χ1n) is 5.30. The number of hydrogen-bond donors (Lipinski definition) is 0. The summed E-state index contributed by atoms with van der Waals surface area (Å²) in [5.74, 6) is -0.350. The molecule has 0 N–H and O–H groups in total. The molecule has 94 valence electrons. The van der Waals surface area contributed by atoms with E-state index in [1.165, 1.54) is 7.11 Å². The molecule has 0 unspecified atom stereocenters. The van der Waals surface area contributed by atoms with Crippen LogP contribution in [0, 0.1) is 0 Å². The number of nitrogens with zero attached hydrogens (tertiary/aromatic N) is 1. The van der Waals surface area contributed by atoms with Crippen LogP contribution in [0.5, 0.6) is 0 Å². The van der Waals surface area contributed by atoms with Gasteiger partial charge in [0.25, 0.3) is 0 Å². The van der Waals surface area contributed by atoms with Gasteiger partial charge in [-0.1, -0.05) is 30.3 Å². The molecule has 0 saturated heterocycles. The highest BCUT2D eigenvalue weighted by molar-refractivity contribution is 9.13. The molecule has 1 aromatic carbocycles. The van der Waals surface area contributed by atoms with Crippen molar-refractivity contribution in [1.82, 2.24) is 4.57 Å². The molecule has 0 atom stereocenters. The first kappa shape index (κ1) is 13.4. The Morgan fingerprint density at radius 3 is 2.56 bits per heavy atom. The predicted molar refractivity (Wildman–Crippen MR) is 76.7 cm³/mol. The molecule has 3 nitrogen and oxygen atoms in total. The number of carbonyl (C=O) groups is 1. The topological polar surface area (TPSA) is 31.2 Å². The van der Waals surface area contributed by atoms with E-state index >= 15 is 0 Å². The minimum Gasteiger partial charge on any atom is -0.464 e. The maximum atomic E-state index is 11.7. The molecule has 0 saturated carbocycles. The Morgan fingerprint density at radius 1 is 1.28 bits per heavy atom. The predicted octanol–water partition coefficient (Wildman–Crippen LogP) is 3.85. The number of carbonyl (C=O) groups excluding carboxylic acids is 1. The molecular weight excluding hydrogens is 362 g/mol. The number of ether oxygens (including phenoxy) is 1. The summed E-state index contributed by atoms with van der Waals surface area (Å²) in [7, 11) is 1.38. The summed E-state index contributed by atoms with van der Waals surface area (Å²) < 4.78 is 8.31. The first-order valence-corrected chi connectivity index (χ1v) is 6.89. The summed E-state index contributed by atoms with van der Waals surface area (Å²) in [6.45, 7) is 0.609. The van der Waals surface area contributed by atoms with Crippen LogP contribution in [-0.4, -0.2) is 17.6 Å². The molecule has 1 heterocycles. The molecule has 0 aliphatic carbocycles. The SMILES string of the molecule is COC(=O)c1cc(Br)c(Br)n1Cc1ccccc1. The normalized spacial score (nSPS) is 10.4. The Morgan fingerprint density at radius 2 is 1.94 bits per heavy atom. The molecule has 5 heteroatoms. The molecular formula is C13H11Br2NO2. The molecule has 0 bridgehead atoms. The summed E-state index contributed by atoms with van der Waals surface area (Å²) in [5, 5.41) is 0. The minimum atomic E-state index is -0.350. The van der Waals surface area contributed by atoms with Gasteiger partial charge in [-0.25, -0.2) is 4.79 Å². The maximum absolute atomic E-state index is 11.7. The van der Waals surface area contributed by atoms with Crippen molar-refractivity contribution in [3.05, 3.63) is 56.7 Å². The molecule has 0 amide bonds. The second-order valence-corrected chi connectivity index (χ2v) is 5.34. The average molecular weight is 373 g/mol. The van der Waals surface area contributed by atoms with Gasteiger partial charge in [0.15, 0.2) is 0 Å². The van der Waals surface area contributed by atoms with Gasteiger partial charge in [0.1, 0.15) is 10.3 Å². The number of hydrogen-bond acceptors (Lipinski definition) is 2. The fraction of sp³-hybridized carbons (Fsp3) is 0.154. The number of methoxy groups -OCH3 is 1.